The third-order valence-corrected chi connectivity index (χ3v) is 3.28. The first-order valence-electron chi connectivity index (χ1n) is 6.87. The quantitative estimate of drug-likeness (QED) is 0.711. The summed E-state index contributed by atoms with van der Waals surface area (Å²) in [4.78, 5) is 26.9. The van der Waals surface area contributed by atoms with Gasteiger partial charge in [-0.25, -0.2) is 0 Å². The number of hydrogen-bond donors (Lipinski definition) is 3. The Morgan fingerprint density at radius 2 is 1.77 bits per heavy atom. The molecule has 0 aliphatic rings. The fourth-order valence-electron chi connectivity index (χ4n) is 1.86. The number of rotatable bonds is 6. The van der Waals surface area contributed by atoms with E-state index in [4.69, 9.17) is 5.73 Å². The molecule has 0 radical (unpaired) electrons. The fraction of sp³-hybridized carbons (Fsp3) is 0.250. The average molecular weight is 322 g/mol. The van der Waals surface area contributed by atoms with E-state index in [0.717, 1.165) is 0 Å². The number of ketones is 1. The molecule has 0 fully saturated rings. The Hall–Kier alpha value is -2.11. The van der Waals surface area contributed by atoms with Gasteiger partial charge in [0.15, 0.2) is 5.78 Å². The molecule has 0 aliphatic heterocycles. The Kier molecular flexibility index (Phi) is 6.82. The van der Waals surface area contributed by atoms with Gasteiger partial charge in [0.2, 0.25) is 0 Å². The van der Waals surface area contributed by atoms with Crippen LogP contribution in [-0.4, -0.2) is 29.8 Å². The zero-order chi connectivity index (χ0) is 15.2. The predicted molar refractivity (Wildman–Crippen MR) is 88.5 cm³/mol. The molecule has 1 aromatic carbocycles. The molecule has 4 N–H and O–H groups in total. The number of H-pyrrole nitrogens is 1. The van der Waals surface area contributed by atoms with Gasteiger partial charge in [-0.2, -0.15) is 0 Å². The molecule has 2 rings (SSSR count). The van der Waals surface area contributed by atoms with E-state index in [-0.39, 0.29) is 30.0 Å². The van der Waals surface area contributed by atoms with Crippen molar-refractivity contribution in [3.63, 3.8) is 0 Å². The van der Waals surface area contributed by atoms with Crippen molar-refractivity contribution in [2.24, 2.45) is 11.7 Å². The van der Waals surface area contributed by atoms with Gasteiger partial charge in [0.1, 0.15) is 0 Å². The minimum absolute atomic E-state index is 0. The van der Waals surface area contributed by atoms with E-state index in [9.17, 15) is 9.59 Å². The Balaban J connectivity index is 0.00000242. The number of benzene rings is 1. The Labute approximate surface area is 135 Å². The van der Waals surface area contributed by atoms with Crippen molar-refractivity contribution in [2.75, 3.05) is 13.1 Å². The standard InChI is InChI=1S/C16H19N3O2.ClH/c1-11(8-17)9-19-16(21)13-4-2-12(3-5-13)15(20)14-6-7-18-10-14;/h2-7,10-11,18H,8-9,17H2,1H3,(H,19,21);1H. The van der Waals surface area contributed by atoms with Crippen LogP contribution in [0.25, 0.3) is 0 Å². The maximum absolute atomic E-state index is 12.1. The van der Waals surface area contributed by atoms with Gasteiger partial charge in [0, 0.05) is 35.6 Å². The average Bonchev–Trinajstić information content (AvgIpc) is 3.06. The molecule has 0 saturated carbocycles. The van der Waals surface area contributed by atoms with Crippen LogP contribution >= 0.6 is 12.4 Å². The number of carbonyl (C=O) groups is 2. The highest BCUT2D eigenvalue weighted by atomic mass is 35.5. The second-order valence-corrected chi connectivity index (χ2v) is 5.06. The highest BCUT2D eigenvalue weighted by Gasteiger charge is 2.11. The van der Waals surface area contributed by atoms with Crippen LogP contribution in [0.3, 0.4) is 0 Å². The minimum atomic E-state index is -0.157. The minimum Gasteiger partial charge on any atom is -0.367 e. The van der Waals surface area contributed by atoms with Crippen LogP contribution in [0.15, 0.2) is 42.7 Å². The smallest absolute Gasteiger partial charge is 0.251 e. The fourth-order valence-corrected chi connectivity index (χ4v) is 1.86. The molecule has 1 amide bonds. The number of carbonyl (C=O) groups excluding carboxylic acids is 2. The number of nitrogens with two attached hydrogens (primary N) is 1. The summed E-state index contributed by atoms with van der Waals surface area (Å²) in [5, 5.41) is 2.82. The summed E-state index contributed by atoms with van der Waals surface area (Å²) in [6.45, 7) is 3.04. The van der Waals surface area contributed by atoms with Crippen LogP contribution in [0.1, 0.15) is 33.2 Å². The molecule has 0 aliphatic carbocycles. The van der Waals surface area contributed by atoms with Gasteiger partial charge in [0.25, 0.3) is 5.91 Å². The summed E-state index contributed by atoms with van der Waals surface area (Å²) < 4.78 is 0. The number of hydrogen-bond acceptors (Lipinski definition) is 3. The van der Waals surface area contributed by atoms with Crippen LogP contribution < -0.4 is 11.1 Å². The summed E-state index contributed by atoms with van der Waals surface area (Å²) in [5.41, 5.74) is 7.20. The van der Waals surface area contributed by atoms with Crippen molar-refractivity contribution >= 4 is 24.1 Å². The summed E-state index contributed by atoms with van der Waals surface area (Å²) in [7, 11) is 0. The number of aromatic amines is 1. The molecule has 118 valence electrons. The molecular weight excluding hydrogens is 302 g/mol. The van der Waals surface area contributed by atoms with E-state index in [1.807, 2.05) is 6.92 Å². The van der Waals surface area contributed by atoms with Gasteiger partial charge in [-0.15, -0.1) is 12.4 Å². The van der Waals surface area contributed by atoms with Gasteiger partial charge >= 0.3 is 0 Å². The number of nitrogens with one attached hydrogen (secondary N) is 2. The van der Waals surface area contributed by atoms with E-state index in [1.54, 1.807) is 42.7 Å². The number of amides is 1. The van der Waals surface area contributed by atoms with Crippen molar-refractivity contribution < 1.29 is 9.59 Å². The Bertz CT molecular complexity index is 609. The second kappa shape index (κ2) is 8.36. The van der Waals surface area contributed by atoms with E-state index in [1.165, 1.54) is 0 Å². The number of aromatic nitrogens is 1. The van der Waals surface area contributed by atoms with Crippen LogP contribution in [0.5, 0.6) is 0 Å². The van der Waals surface area contributed by atoms with Crippen LogP contribution in [-0.2, 0) is 0 Å². The van der Waals surface area contributed by atoms with E-state index in [2.05, 4.69) is 10.3 Å². The van der Waals surface area contributed by atoms with E-state index < -0.39 is 0 Å². The Morgan fingerprint density at radius 3 is 2.32 bits per heavy atom. The topological polar surface area (TPSA) is 88.0 Å². The molecule has 22 heavy (non-hydrogen) atoms. The van der Waals surface area contributed by atoms with Gasteiger partial charge < -0.3 is 16.0 Å². The summed E-state index contributed by atoms with van der Waals surface area (Å²) in [6, 6.07) is 8.36. The molecule has 0 spiro atoms. The monoisotopic (exact) mass is 321 g/mol. The third-order valence-electron chi connectivity index (χ3n) is 3.28. The van der Waals surface area contributed by atoms with Gasteiger partial charge in [-0.3, -0.25) is 9.59 Å². The lowest BCUT2D eigenvalue weighted by molar-refractivity contribution is 0.0947. The molecule has 5 nitrogen and oxygen atoms in total. The van der Waals surface area contributed by atoms with Crippen molar-refractivity contribution in [1.82, 2.24) is 10.3 Å². The molecule has 0 bridgehead atoms. The van der Waals surface area contributed by atoms with Gasteiger partial charge in [-0.1, -0.05) is 19.1 Å². The lowest BCUT2D eigenvalue weighted by Crippen LogP contribution is -2.31. The number of halogens is 1. The van der Waals surface area contributed by atoms with Crippen LogP contribution in [0, 0.1) is 5.92 Å². The molecule has 0 saturated heterocycles. The lowest BCUT2D eigenvalue weighted by atomic mass is 10.0. The molecule has 6 heteroatoms. The first-order valence-corrected chi connectivity index (χ1v) is 6.87. The van der Waals surface area contributed by atoms with E-state index >= 15 is 0 Å². The molecule has 1 aromatic heterocycles. The lowest BCUT2D eigenvalue weighted by Gasteiger charge is -2.10. The SMILES string of the molecule is CC(CN)CNC(=O)c1ccc(C(=O)c2cc[nH]c2)cc1.Cl. The normalized spacial score (nSPS) is 11.4. The zero-order valence-corrected chi connectivity index (χ0v) is 13.2. The largest absolute Gasteiger partial charge is 0.367 e. The van der Waals surface area contributed by atoms with Crippen molar-refractivity contribution in [3.8, 4) is 0 Å². The molecular formula is C16H20ClN3O2. The summed E-state index contributed by atoms with van der Waals surface area (Å²) in [6.07, 6.45) is 3.35. The highest BCUT2D eigenvalue weighted by Crippen LogP contribution is 2.10. The maximum Gasteiger partial charge on any atom is 0.251 e. The maximum atomic E-state index is 12.1. The first kappa shape index (κ1) is 17.9. The summed E-state index contributed by atoms with van der Waals surface area (Å²) >= 11 is 0. The Morgan fingerprint density at radius 1 is 1.14 bits per heavy atom. The second-order valence-electron chi connectivity index (χ2n) is 5.06. The molecule has 1 atom stereocenters. The zero-order valence-electron chi connectivity index (χ0n) is 12.3. The first-order chi connectivity index (χ1) is 10.1. The molecule has 1 heterocycles. The third kappa shape index (κ3) is 4.44. The van der Waals surface area contributed by atoms with E-state index in [0.29, 0.717) is 29.8 Å². The van der Waals surface area contributed by atoms with Gasteiger partial charge in [-0.05, 0) is 30.7 Å². The van der Waals surface area contributed by atoms with Crippen LogP contribution in [0.2, 0.25) is 0 Å². The summed E-state index contributed by atoms with van der Waals surface area (Å²) in [5.74, 6) is 0.0132. The highest BCUT2D eigenvalue weighted by molar-refractivity contribution is 6.09. The van der Waals surface area contributed by atoms with Gasteiger partial charge in [0.05, 0.1) is 0 Å². The van der Waals surface area contributed by atoms with Crippen molar-refractivity contribution in [3.05, 3.63) is 59.4 Å². The molecule has 1 unspecified atom stereocenters. The predicted octanol–water partition coefficient (Wildman–Crippen LogP) is 1.99. The van der Waals surface area contributed by atoms with Crippen molar-refractivity contribution in [1.29, 1.82) is 0 Å². The molecule has 2 aromatic rings. The van der Waals surface area contributed by atoms with Crippen LogP contribution in [0.4, 0.5) is 0 Å². The van der Waals surface area contributed by atoms with Crippen molar-refractivity contribution in [2.45, 2.75) is 6.92 Å².